The molecule has 1 aromatic heterocycles. The molecule has 0 amide bonds. The van der Waals surface area contributed by atoms with Gasteiger partial charge in [-0.15, -0.1) is 11.6 Å². The molecule has 2 rings (SSSR count). The van der Waals surface area contributed by atoms with E-state index < -0.39 is 0 Å². The van der Waals surface area contributed by atoms with Crippen molar-refractivity contribution in [1.29, 1.82) is 0 Å². The van der Waals surface area contributed by atoms with Crippen LogP contribution in [0.5, 0.6) is 0 Å². The van der Waals surface area contributed by atoms with Crippen LogP contribution in [0.4, 0.5) is 0 Å². The minimum Gasteiger partial charge on any atom is -0.311 e. The van der Waals surface area contributed by atoms with Crippen LogP contribution in [-0.4, -0.2) is 22.2 Å². The van der Waals surface area contributed by atoms with Crippen LogP contribution in [0, 0.1) is 5.41 Å². The summed E-state index contributed by atoms with van der Waals surface area (Å²) in [7, 11) is 2.01. The van der Waals surface area contributed by atoms with Crippen LogP contribution in [0.2, 0.25) is 0 Å². The van der Waals surface area contributed by atoms with Crippen molar-refractivity contribution in [3.8, 4) is 0 Å². The first kappa shape index (κ1) is 15.3. The van der Waals surface area contributed by atoms with Gasteiger partial charge in [-0.05, 0) is 40.6 Å². The maximum absolute atomic E-state index is 6.17. The smallest absolute Gasteiger partial charge is 0.0767 e. The summed E-state index contributed by atoms with van der Waals surface area (Å²) < 4.78 is 3.12. The topological polar surface area (TPSA) is 29.9 Å². The van der Waals surface area contributed by atoms with Gasteiger partial charge < -0.3 is 5.32 Å². The Morgan fingerprint density at radius 1 is 1.42 bits per heavy atom. The lowest BCUT2D eigenvalue weighted by molar-refractivity contribution is 0.318. The van der Waals surface area contributed by atoms with E-state index in [1.54, 1.807) is 0 Å². The molecule has 0 saturated heterocycles. The number of hydrogen-bond donors (Lipinski definition) is 1. The van der Waals surface area contributed by atoms with E-state index in [0.29, 0.717) is 5.41 Å². The molecule has 1 fully saturated rings. The fourth-order valence-corrected chi connectivity index (χ4v) is 4.06. The van der Waals surface area contributed by atoms with Gasteiger partial charge in [0.2, 0.25) is 0 Å². The number of halogens is 2. The fraction of sp³-hybridized carbons (Fsp3) is 0.786. The van der Waals surface area contributed by atoms with Crippen molar-refractivity contribution in [1.82, 2.24) is 15.1 Å². The molecule has 0 spiro atoms. The van der Waals surface area contributed by atoms with E-state index >= 15 is 0 Å². The highest BCUT2D eigenvalue weighted by molar-refractivity contribution is 9.10. The van der Waals surface area contributed by atoms with Crippen molar-refractivity contribution in [2.24, 2.45) is 12.5 Å². The van der Waals surface area contributed by atoms with Crippen molar-refractivity contribution in [3.63, 3.8) is 0 Å². The Hall–Kier alpha value is -0.0600. The maximum atomic E-state index is 6.17. The van der Waals surface area contributed by atoms with Gasteiger partial charge in [0.05, 0.1) is 15.9 Å². The molecule has 0 bridgehead atoms. The van der Waals surface area contributed by atoms with Gasteiger partial charge in [-0.25, -0.2) is 0 Å². The van der Waals surface area contributed by atoms with Crippen LogP contribution in [-0.2, 0) is 20.0 Å². The van der Waals surface area contributed by atoms with Gasteiger partial charge in [0.1, 0.15) is 0 Å². The molecule has 1 aliphatic rings. The lowest BCUT2D eigenvalue weighted by atomic mass is 9.88. The Labute approximate surface area is 129 Å². The normalized spacial score (nSPS) is 18.1. The largest absolute Gasteiger partial charge is 0.311 e. The molecule has 1 aromatic rings. The Kier molecular flexibility index (Phi) is 5.32. The molecule has 19 heavy (non-hydrogen) atoms. The number of rotatable bonds is 6. The first-order valence-corrected chi connectivity index (χ1v) is 8.41. The summed E-state index contributed by atoms with van der Waals surface area (Å²) >= 11 is 9.83. The molecule has 0 aliphatic heterocycles. The van der Waals surface area contributed by atoms with Crippen LogP contribution in [0.25, 0.3) is 0 Å². The second-order valence-corrected chi connectivity index (χ2v) is 6.69. The summed E-state index contributed by atoms with van der Waals surface area (Å²) in [5.74, 6) is 0.771. The van der Waals surface area contributed by atoms with E-state index in [0.717, 1.165) is 35.6 Å². The molecule has 0 radical (unpaired) electrons. The lowest BCUT2D eigenvalue weighted by Crippen LogP contribution is -2.33. The van der Waals surface area contributed by atoms with Crippen molar-refractivity contribution >= 4 is 27.5 Å². The van der Waals surface area contributed by atoms with Gasteiger partial charge in [-0.2, -0.15) is 5.10 Å². The molecule has 1 saturated carbocycles. The third kappa shape index (κ3) is 3.34. The number of aromatic nitrogens is 2. The molecule has 0 unspecified atom stereocenters. The first-order chi connectivity index (χ1) is 9.12. The van der Waals surface area contributed by atoms with E-state index in [9.17, 15) is 0 Å². The van der Waals surface area contributed by atoms with Gasteiger partial charge in [0.15, 0.2) is 0 Å². The number of aryl methyl sites for hydroxylation is 2. The quantitative estimate of drug-likeness (QED) is 0.796. The zero-order chi connectivity index (χ0) is 13.9. The van der Waals surface area contributed by atoms with Gasteiger partial charge in [0.25, 0.3) is 0 Å². The monoisotopic (exact) mass is 347 g/mol. The van der Waals surface area contributed by atoms with Gasteiger partial charge >= 0.3 is 0 Å². The highest BCUT2D eigenvalue weighted by atomic mass is 79.9. The third-order valence-electron chi connectivity index (χ3n) is 4.24. The van der Waals surface area contributed by atoms with Crippen molar-refractivity contribution < 1.29 is 0 Å². The summed E-state index contributed by atoms with van der Waals surface area (Å²) in [6, 6.07) is 0. The predicted octanol–water partition coefficient (Wildman–Crippen LogP) is 3.63. The van der Waals surface area contributed by atoms with Crippen LogP contribution in [0.15, 0.2) is 4.47 Å². The Morgan fingerprint density at radius 2 is 2.11 bits per heavy atom. The Balaban J connectivity index is 1.94. The Bertz CT molecular complexity index is 425. The van der Waals surface area contributed by atoms with E-state index in [2.05, 4.69) is 33.3 Å². The average Bonchev–Trinajstić information content (AvgIpc) is 2.98. The van der Waals surface area contributed by atoms with Gasteiger partial charge in [0, 0.05) is 26.0 Å². The van der Waals surface area contributed by atoms with E-state index in [1.807, 2.05) is 11.7 Å². The summed E-state index contributed by atoms with van der Waals surface area (Å²) in [6.07, 6.45) is 6.13. The molecule has 1 N–H and O–H groups in total. The number of nitrogens with one attached hydrogen (secondary N) is 1. The second-order valence-electron chi connectivity index (χ2n) is 5.63. The van der Waals surface area contributed by atoms with Crippen LogP contribution < -0.4 is 5.32 Å². The van der Waals surface area contributed by atoms with Crippen LogP contribution >= 0.6 is 27.5 Å². The number of nitrogens with zero attached hydrogens (tertiary/aromatic N) is 2. The minimum absolute atomic E-state index is 0.320. The number of hydrogen-bond acceptors (Lipinski definition) is 2. The molecule has 1 heterocycles. The van der Waals surface area contributed by atoms with E-state index in [1.165, 1.54) is 31.4 Å². The van der Waals surface area contributed by atoms with Gasteiger partial charge in [-0.1, -0.05) is 19.8 Å². The molecule has 0 atom stereocenters. The zero-order valence-corrected chi connectivity index (χ0v) is 14.1. The molecule has 3 nitrogen and oxygen atoms in total. The molecule has 108 valence electrons. The molecule has 0 aromatic carbocycles. The zero-order valence-electron chi connectivity index (χ0n) is 11.8. The summed E-state index contributed by atoms with van der Waals surface area (Å²) in [6.45, 7) is 3.99. The third-order valence-corrected chi connectivity index (χ3v) is 5.73. The second kappa shape index (κ2) is 6.59. The molecular formula is C14H23BrClN3. The predicted molar refractivity (Wildman–Crippen MR) is 83.6 cm³/mol. The minimum atomic E-state index is 0.320. The van der Waals surface area contributed by atoms with Crippen molar-refractivity contribution in [2.45, 2.75) is 45.6 Å². The van der Waals surface area contributed by atoms with Gasteiger partial charge in [-0.3, -0.25) is 4.68 Å². The molecule has 1 aliphatic carbocycles. The fourth-order valence-electron chi connectivity index (χ4n) is 2.94. The maximum Gasteiger partial charge on any atom is 0.0767 e. The Morgan fingerprint density at radius 3 is 2.63 bits per heavy atom. The number of alkyl halides is 1. The summed E-state index contributed by atoms with van der Waals surface area (Å²) in [4.78, 5) is 0. The van der Waals surface area contributed by atoms with Crippen molar-refractivity contribution in [2.75, 3.05) is 12.4 Å². The lowest BCUT2D eigenvalue weighted by Gasteiger charge is -2.26. The molecular weight excluding hydrogens is 326 g/mol. The highest BCUT2D eigenvalue weighted by Crippen LogP contribution is 2.38. The summed E-state index contributed by atoms with van der Waals surface area (Å²) in [5.41, 5.74) is 2.67. The highest BCUT2D eigenvalue weighted by Gasteiger charge is 2.32. The SMILES string of the molecule is CCc1nn(C)c(CNCC2(CCl)CCCC2)c1Br. The summed E-state index contributed by atoms with van der Waals surface area (Å²) in [5, 5.41) is 8.10. The molecule has 5 heteroatoms. The standard InChI is InChI=1S/C14H23BrClN3/c1-3-11-13(15)12(19(2)18-11)8-17-10-14(9-16)6-4-5-7-14/h17H,3-10H2,1-2H3. The van der Waals surface area contributed by atoms with Crippen molar-refractivity contribution in [3.05, 3.63) is 15.9 Å². The van der Waals surface area contributed by atoms with E-state index in [4.69, 9.17) is 11.6 Å². The van der Waals surface area contributed by atoms with Crippen LogP contribution in [0.3, 0.4) is 0 Å². The van der Waals surface area contributed by atoms with Crippen LogP contribution in [0.1, 0.15) is 44.0 Å². The van der Waals surface area contributed by atoms with E-state index in [-0.39, 0.29) is 0 Å². The first-order valence-electron chi connectivity index (χ1n) is 7.09. The average molecular weight is 349 g/mol.